The molecule has 1 aliphatic heterocycles. The number of likely N-dealkylation sites (tertiary alicyclic amines) is 1. The number of urea groups is 1. The van der Waals surface area contributed by atoms with Gasteiger partial charge in [-0.05, 0) is 70.1 Å². The summed E-state index contributed by atoms with van der Waals surface area (Å²) in [5.41, 5.74) is 2.27. The van der Waals surface area contributed by atoms with Crippen LogP contribution >= 0.6 is 0 Å². The summed E-state index contributed by atoms with van der Waals surface area (Å²) in [5, 5.41) is 8.69. The lowest BCUT2D eigenvalue weighted by Gasteiger charge is -2.29. The normalized spacial score (nSPS) is 14.8. The van der Waals surface area contributed by atoms with Crippen LogP contribution in [0.2, 0.25) is 0 Å². The van der Waals surface area contributed by atoms with E-state index in [9.17, 15) is 9.59 Å². The van der Waals surface area contributed by atoms with Crippen molar-refractivity contribution in [1.82, 2.24) is 15.5 Å². The van der Waals surface area contributed by atoms with Crippen molar-refractivity contribution in [3.8, 4) is 5.75 Å². The summed E-state index contributed by atoms with van der Waals surface area (Å²) in [6.45, 7) is 6.32. The number of nitrogens with one attached hydrogen (secondary N) is 3. The van der Waals surface area contributed by atoms with Gasteiger partial charge in [0.1, 0.15) is 5.75 Å². The van der Waals surface area contributed by atoms with Gasteiger partial charge in [0.15, 0.2) is 0 Å². The Kier molecular flexibility index (Phi) is 7.89. The van der Waals surface area contributed by atoms with E-state index in [2.05, 4.69) is 26.9 Å². The maximum atomic E-state index is 12.5. The number of hydrogen-bond acceptors (Lipinski definition) is 4. The number of methoxy groups -OCH3 is 1. The number of benzene rings is 2. The maximum Gasteiger partial charge on any atom is 0.319 e. The van der Waals surface area contributed by atoms with Crippen LogP contribution in [0.1, 0.15) is 48.7 Å². The smallest absolute Gasteiger partial charge is 0.319 e. The van der Waals surface area contributed by atoms with E-state index in [-0.39, 0.29) is 24.0 Å². The summed E-state index contributed by atoms with van der Waals surface area (Å²) >= 11 is 0. The molecule has 2 aromatic rings. The van der Waals surface area contributed by atoms with Crippen LogP contribution in [0.15, 0.2) is 48.5 Å². The summed E-state index contributed by atoms with van der Waals surface area (Å²) in [4.78, 5) is 27.0. The molecule has 7 heteroatoms. The summed E-state index contributed by atoms with van der Waals surface area (Å²) < 4.78 is 5.56. The van der Waals surface area contributed by atoms with E-state index in [0.717, 1.165) is 37.2 Å². The molecule has 0 radical (unpaired) electrons. The third-order valence-corrected chi connectivity index (χ3v) is 5.36. The lowest BCUT2D eigenvalue weighted by molar-refractivity contribution is 0.0943. The van der Waals surface area contributed by atoms with Crippen LogP contribution in [-0.4, -0.2) is 49.6 Å². The topological polar surface area (TPSA) is 82.7 Å². The van der Waals surface area contributed by atoms with Crippen molar-refractivity contribution in [3.05, 3.63) is 59.7 Å². The van der Waals surface area contributed by atoms with E-state index in [1.54, 1.807) is 31.4 Å². The van der Waals surface area contributed by atoms with Gasteiger partial charge in [-0.25, -0.2) is 4.79 Å². The van der Waals surface area contributed by atoms with Gasteiger partial charge in [-0.2, -0.15) is 0 Å². The minimum absolute atomic E-state index is 0.0477. The van der Waals surface area contributed by atoms with Crippen molar-refractivity contribution in [2.75, 3.05) is 32.1 Å². The molecule has 0 bridgehead atoms. The van der Waals surface area contributed by atoms with E-state index in [0.29, 0.717) is 17.8 Å². The molecule has 1 atom stereocenters. The highest BCUT2D eigenvalue weighted by atomic mass is 16.5. The Labute approximate surface area is 184 Å². The van der Waals surface area contributed by atoms with Gasteiger partial charge in [0.2, 0.25) is 0 Å². The zero-order valence-electron chi connectivity index (χ0n) is 18.5. The van der Waals surface area contributed by atoms with E-state index in [4.69, 9.17) is 4.74 Å². The molecule has 1 heterocycles. The second-order valence-electron chi connectivity index (χ2n) is 8.04. The monoisotopic (exact) mass is 424 g/mol. The summed E-state index contributed by atoms with van der Waals surface area (Å²) in [5.74, 6) is 0.702. The Morgan fingerprint density at radius 2 is 1.71 bits per heavy atom. The lowest BCUT2D eigenvalue weighted by Crippen LogP contribution is -2.38. The predicted octanol–water partition coefficient (Wildman–Crippen LogP) is 3.79. The number of carbonyl (C=O) groups is 2. The SMILES string of the molecule is COc1ccccc1C(CNC(=O)Nc1ccc(C(=O)NC(C)C)cc1)N1CCCC1. The molecule has 1 fully saturated rings. The molecule has 1 aliphatic rings. The first-order valence-electron chi connectivity index (χ1n) is 10.8. The number of nitrogens with zero attached hydrogens (tertiary/aromatic N) is 1. The highest BCUT2D eigenvalue weighted by Crippen LogP contribution is 2.31. The Morgan fingerprint density at radius 1 is 1.03 bits per heavy atom. The molecule has 7 nitrogen and oxygen atoms in total. The zero-order valence-corrected chi connectivity index (χ0v) is 18.5. The number of ether oxygens (including phenoxy) is 1. The molecule has 0 aliphatic carbocycles. The largest absolute Gasteiger partial charge is 0.496 e. The van der Waals surface area contributed by atoms with Crippen molar-refractivity contribution in [1.29, 1.82) is 0 Å². The van der Waals surface area contributed by atoms with E-state index < -0.39 is 0 Å². The van der Waals surface area contributed by atoms with Gasteiger partial charge in [0.05, 0.1) is 13.2 Å². The molecule has 0 aromatic heterocycles. The standard InChI is InChI=1S/C24H32N4O3/c1-17(2)26-23(29)18-10-12-19(13-11-18)27-24(30)25-16-21(28-14-6-7-15-28)20-8-4-5-9-22(20)31-3/h4-5,8-13,17,21H,6-7,14-16H2,1-3H3,(H,26,29)(H2,25,27,30). The van der Waals surface area contributed by atoms with Crippen molar-refractivity contribution >= 4 is 17.6 Å². The minimum Gasteiger partial charge on any atom is -0.496 e. The maximum absolute atomic E-state index is 12.5. The molecule has 2 aromatic carbocycles. The molecule has 1 saturated heterocycles. The Hall–Kier alpha value is -3.06. The molecule has 166 valence electrons. The molecule has 3 N–H and O–H groups in total. The number of amides is 3. The summed E-state index contributed by atoms with van der Waals surface area (Å²) in [6.07, 6.45) is 2.32. The van der Waals surface area contributed by atoms with Gasteiger partial charge >= 0.3 is 6.03 Å². The Bertz CT molecular complexity index is 877. The van der Waals surface area contributed by atoms with Crippen molar-refractivity contribution in [2.45, 2.75) is 38.8 Å². The molecule has 0 saturated carbocycles. The lowest BCUT2D eigenvalue weighted by atomic mass is 10.0. The molecule has 0 spiro atoms. The third kappa shape index (κ3) is 6.21. The van der Waals surface area contributed by atoms with E-state index in [1.165, 1.54) is 0 Å². The number of hydrogen-bond donors (Lipinski definition) is 3. The highest BCUT2D eigenvalue weighted by Gasteiger charge is 2.26. The zero-order chi connectivity index (χ0) is 22.2. The second-order valence-corrected chi connectivity index (χ2v) is 8.04. The predicted molar refractivity (Wildman–Crippen MR) is 123 cm³/mol. The first-order chi connectivity index (χ1) is 15.0. The number of rotatable bonds is 8. The number of carbonyl (C=O) groups excluding carboxylic acids is 2. The molecular weight excluding hydrogens is 392 g/mol. The van der Waals surface area contributed by atoms with Gasteiger partial charge in [0.25, 0.3) is 5.91 Å². The Morgan fingerprint density at radius 3 is 2.35 bits per heavy atom. The van der Waals surface area contributed by atoms with Crippen LogP contribution in [0.3, 0.4) is 0 Å². The number of para-hydroxylation sites is 1. The third-order valence-electron chi connectivity index (χ3n) is 5.36. The van der Waals surface area contributed by atoms with Gasteiger partial charge in [-0.15, -0.1) is 0 Å². The molecule has 1 unspecified atom stereocenters. The van der Waals surface area contributed by atoms with Crippen LogP contribution in [0.25, 0.3) is 0 Å². The van der Waals surface area contributed by atoms with Crippen molar-refractivity contribution in [2.24, 2.45) is 0 Å². The highest BCUT2D eigenvalue weighted by molar-refractivity contribution is 5.95. The fourth-order valence-electron chi connectivity index (χ4n) is 3.85. The van der Waals surface area contributed by atoms with E-state index in [1.807, 2.05) is 32.0 Å². The minimum atomic E-state index is -0.279. The van der Waals surface area contributed by atoms with Crippen LogP contribution < -0.4 is 20.7 Å². The summed E-state index contributed by atoms with van der Waals surface area (Å²) in [7, 11) is 1.67. The molecule has 31 heavy (non-hydrogen) atoms. The van der Waals surface area contributed by atoms with Gasteiger partial charge in [0, 0.05) is 29.4 Å². The fourth-order valence-corrected chi connectivity index (χ4v) is 3.85. The summed E-state index contributed by atoms with van der Waals surface area (Å²) in [6, 6.07) is 14.7. The van der Waals surface area contributed by atoms with E-state index >= 15 is 0 Å². The van der Waals surface area contributed by atoms with Crippen LogP contribution in [0, 0.1) is 0 Å². The fraction of sp³-hybridized carbons (Fsp3) is 0.417. The molecular formula is C24H32N4O3. The molecule has 3 amide bonds. The van der Waals surface area contributed by atoms with Crippen LogP contribution in [-0.2, 0) is 0 Å². The molecule has 3 rings (SSSR count). The van der Waals surface area contributed by atoms with Crippen molar-refractivity contribution in [3.63, 3.8) is 0 Å². The van der Waals surface area contributed by atoms with Gasteiger partial charge < -0.3 is 20.7 Å². The van der Waals surface area contributed by atoms with Gasteiger partial charge in [-0.3, -0.25) is 9.69 Å². The average molecular weight is 425 g/mol. The van der Waals surface area contributed by atoms with Gasteiger partial charge in [-0.1, -0.05) is 18.2 Å². The second kappa shape index (κ2) is 10.8. The quantitative estimate of drug-likeness (QED) is 0.602. The Balaban J connectivity index is 1.61. The van der Waals surface area contributed by atoms with Crippen molar-refractivity contribution < 1.29 is 14.3 Å². The first kappa shape index (κ1) is 22.6. The first-order valence-corrected chi connectivity index (χ1v) is 10.8. The average Bonchev–Trinajstić information content (AvgIpc) is 3.29. The van der Waals surface area contributed by atoms with Crippen LogP contribution in [0.5, 0.6) is 5.75 Å². The van der Waals surface area contributed by atoms with Crippen LogP contribution in [0.4, 0.5) is 10.5 Å². The number of anilines is 1.